The Morgan fingerprint density at radius 2 is 1.65 bits per heavy atom. The van der Waals surface area contributed by atoms with Crippen LogP contribution in [-0.4, -0.2) is 39.3 Å². The quantitative estimate of drug-likeness (QED) is 0.363. The summed E-state index contributed by atoms with van der Waals surface area (Å²) in [5.74, 6) is 0. The summed E-state index contributed by atoms with van der Waals surface area (Å²) in [6.45, 7) is -0.957. The molecule has 1 aromatic rings. The molecule has 0 amide bonds. The molecule has 5 N–H and O–H groups in total. The van der Waals surface area contributed by atoms with Crippen molar-refractivity contribution in [2.75, 3.05) is 0 Å². The minimum Gasteiger partial charge on any atom is -0.366 e. The molecule has 0 unspecified atom stereocenters. The first-order valence-corrected chi connectivity index (χ1v) is 7.10. The van der Waals surface area contributed by atoms with E-state index < -0.39 is 26.8 Å². The van der Waals surface area contributed by atoms with Gasteiger partial charge in [-0.2, -0.15) is 0 Å². The van der Waals surface area contributed by atoms with Crippen LogP contribution in [0.5, 0.6) is 0 Å². The summed E-state index contributed by atoms with van der Waals surface area (Å²) < 4.78 is 22.8. The smallest absolute Gasteiger partial charge is 0.366 e. The Labute approximate surface area is 125 Å². The molecule has 9 nitrogen and oxygen atoms in total. The van der Waals surface area contributed by atoms with Crippen molar-refractivity contribution in [1.82, 2.24) is 9.55 Å². The second kappa shape index (κ2) is 5.78. The third-order valence-corrected chi connectivity index (χ3v) is 5.60. The molecular weight excluding hydrogens is 439 g/mol. The normalized spacial score (nSPS) is 13.2. The molecule has 0 saturated heterocycles. The molecule has 0 aliphatic rings. The van der Waals surface area contributed by atoms with E-state index in [1.54, 1.807) is 0 Å². The molecule has 1 rings (SSSR count). The molecule has 0 fully saturated rings. The fourth-order valence-corrected chi connectivity index (χ4v) is 3.03. The summed E-state index contributed by atoms with van der Waals surface area (Å²) in [7, 11) is -10.8. The van der Waals surface area contributed by atoms with Gasteiger partial charge in [-0.25, -0.2) is 4.98 Å². The number of nitrogens with zero attached hydrogens (tertiary/aromatic N) is 2. The van der Waals surface area contributed by atoms with E-state index in [1.807, 2.05) is 0 Å². The zero-order valence-electron chi connectivity index (χ0n) is 8.04. The fraction of sp³-hybridized carbons (Fsp3) is 0.400. The molecule has 0 bridgehead atoms. The van der Waals surface area contributed by atoms with E-state index in [1.165, 1.54) is 12.4 Å². The number of hydrogen-bond donors (Lipinski definition) is 5. The Morgan fingerprint density at radius 3 is 1.94 bits per heavy atom. The number of aliphatic hydroxyl groups is 1. The SMILES string of the molecule is O=P(O)(O)C(O)(Cn1ccnc1)P(=O)(O)O.[177Lu]. The van der Waals surface area contributed by atoms with Crippen LogP contribution < -0.4 is 0 Å². The van der Waals surface area contributed by atoms with Gasteiger partial charge in [0.15, 0.2) is 0 Å². The van der Waals surface area contributed by atoms with E-state index >= 15 is 0 Å². The van der Waals surface area contributed by atoms with Gasteiger partial charge in [0, 0.05) is 49.3 Å². The largest absolute Gasteiger partial charge is 0.371 e. The summed E-state index contributed by atoms with van der Waals surface area (Å²) >= 11 is 0. The van der Waals surface area contributed by atoms with E-state index in [-0.39, 0.29) is 36.9 Å². The average Bonchev–Trinajstić information content (AvgIpc) is 2.52. The number of hydrogen-bond acceptors (Lipinski definition) is 4. The number of imidazole rings is 1. The van der Waals surface area contributed by atoms with Crippen molar-refractivity contribution >= 4 is 15.2 Å². The average molecular weight is 449 g/mol. The molecule has 0 aliphatic carbocycles. The Kier molecular flexibility index (Phi) is 6.02. The Hall–Kier alpha value is 0.704. The van der Waals surface area contributed by atoms with Gasteiger partial charge in [-0.15, -0.1) is 0 Å². The Bertz CT molecular complexity index is 429. The van der Waals surface area contributed by atoms with Crippen LogP contribution >= 0.6 is 15.2 Å². The molecule has 17 heavy (non-hydrogen) atoms. The van der Waals surface area contributed by atoms with Crippen LogP contribution in [-0.2, 0) is 15.7 Å². The maximum Gasteiger partial charge on any atom is 0.371 e. The van der Waals surface area contributed by atoms with E-state index in [9.17, 15) is 14.2 Å². The second-order valence-electron chi connectivity index (χ2n) is 3.10. The maximum atomic E-state index is 10.9. The van der Waals surface area contributed by atoms with Crippen molar-refractivity contribution in [3.8, 4) is 0 Å². The molecule has 0 aromatic carbocycles. The molecule has 0 aliphatic heterocycles. The van der Waals surface area contributed by atoms with Gasteiger partial charge in [-0.1, -0.05) is 0 Å². The van der Waals surface area contributed by atoms with Gasteiger partial charge in [0.2, 0.25) is 0 Å². The summed E-state index contributed by atoms with van der Waals surface area (Å²) in [4.78, 5) is 38.7. The van der Waals surface area contributed by atoms with E-state index in [0.717, 1.165) is 10.9 Å². The van der Waals surface area contributed by atoms with Crippen LogP contribution in [0.1, 0.15) is 0 Å². The van der Waals surface area contributed by atoms with Crippen LogP contribution in [0.3, 0.4) is 0 Å². The topological polar surface area (TPSA) is 153 Å². The summed E-state index contributed by atoms with van der Waals surface area (Å²) in [5, 5.41) is 6.04. The molecule has 0 atom stereocenters. The molecule has 1 heterocycles. The summed E-state index contributed by atoms with van der Waals surface area (Å²) in [5.41, 5.74) is 0. The molecule has 107 valence electrons. The van der Waals surface area contributed by atoms with Gasteiger partial charge in [0.1, 0.15) is 0 Å². The number of aromatic nitrogens is 2. The molecule has 1 radical (unpaired) electrons. The first-order valence-electron chi connectivity index (χ1n) is 3.87. The van der Waals surface area contributed by atoms with Crippen molar-refractivity contribution in [1.29, 1.82) is 0 Å². The van der Waals surface area contributed by atoms with Gasteiger partial charge in [-0.3, -0.25) is 9.13 Å². The van der Waals surface area contributed by atoms with Crippen molar-refractivity contribution < 1.29 is 70.7 Å². The van der Waals surface area contributed by atoms with Crippen LogP contribution in [0.2, 0.25) is 0 Å². The third kappa shape index (κ3) is 3.83. The minimum absolute atomic E-state index is 0. The third-order valence-electron chi connectivity index (χ3n) is 1.89. The molecule has 0 spiro atoms. The van der Waals surface area contributed by atoms with Crippen molar-refractivity contribution in [3.05, 3.63) is 18.7 Å². The Morgan fingerprint density at radius 1 is 1.18 bits per heavy atom. The zero-order chi connectivity index (χ0) is 12.6. The first-order chi connectivity index (χ1) is 7.08. The standard InChI is InChI=1S/C5H10N2O7P2.Lu/c8-5(15(9,10)11,16(12,13)14)3-7-2-1-6-4-7;/h1-2,4,8H,3H2,(H2,9,10,11)(H2,12,13,14);/i;1+2. The van der Waals surface area contributed by atoms with Crippen molar-refractivity contribution in [3.63, 3.8) is 0 Å². The summed E-state index contributed by atoms with van der Waals surface area (Å²) in [6.07, 6.45) is 3.51. The molecule has 12 heteroatoms. The second-order valence-corrected chi connectivity index (χ2v) is 7.11. The van der Waals surface area contributed by atoms with Crippen LogP contribution in [0.15, 0.2) is 18.7 Å². The predicted molar refractivity (Wildman–Crippen MR) is 51.3 cm³/mol. The van der Waals surface area contributed by atoms with Crippen LogP contribution in [0.4, 0.5) is 0 Å². The Balaban J connectivity index is 0.00000256. The maximum absolute atomic E-state index is 10.9. The van der Waals surface area contributed by atoms with E-state index in [2.05, 4.69) is 4.98 Å². The number of rotatable bonds is 4. The monoisotopic (exact) mass is 449 g/mol. The van der Waals surface area contributed by atoms with Gasteiger partial charge in [0.25, 0.3) is 5.08 Å². The molecule has 1 aromatic heterocycles. The van der Waals surface area contributed by atoms with Crippen molar-refractivity contribution in [2.24, 2.45) is 0 Å². The van der Waals surface area contributed by atoms with Gasteiger partial charge in [0.05, 0.1) is 12.9 Å². The van der Waals surface area contributed by atoms with Gasteiger partial charge in [-0.05, 0) is 0 Å². The van der Waals surface area contributed by atoms with Gasteiger partial charge < -0.3 is 29.2 Å². The predicted octanol–water partition coefficient (Wildman–Crippen LogP) is -1.12. The van der Waals surface area contributed by atoms with Crippen molar-refractivity contribution in [2.45, 2.75) is 11.6 Å². The minimum atomic E-state index is -5.41. The van der Waals surface area contributed by atoms with Crippen LogP contribution in [0, 0.1) is 36.9 Å². The zero-order valence-corrected chi connectivity index (χ0v) is 11.5. The fourth-order valence-electron chi connectivity index (χ4n) is 0.979. The van der Waals surface area contributed by atoms with Gasteiger partial charge >= 0.3 is 15.2 Å². The first kappa shape index (κ1) is 17.7. The molecule has 0 saturated carbocycles. The summed E-state index contributed by atoms with van der Waals surface area (Å²) in [6, 6.07) is 0. The van der Waals surface area contributed by atoms with E-state index in [4.69, 9.17) is 19.6 Å². The molecular formula is C5H10LuN2O7P2. The van der Waals surface area contributed by atoms with Crippen LogP contribution in [0.25, 0.3) is 0 Å². The van der Waals surface area contributed by atoms with E-state index in [0.29, 0.717) is 0 Å².